The number of halogens is 1. The van der Waals surface area contributed by atoms with Gasteiger partial charge in [-0.05, 0) is 36.5 Å². The molecule has 2 fully saturated rings. The number of likely N-dealkylation sites (tertiary alicyclic amines) is 1. The molecule has 3 aliphatic rings. The van der Waals surface area contributed by atoms with Gasteiger partial charge in [0.2, 0.25) is 17.7 Å². The van der Waals surface area contributed by atoms with Crippen LogP contribution >= 0.6 is 11.3 Å². The number of thiazole rings is 1. The summed E-state index contributed by atoms with van der Waals surface area (Å²) in [5.41, 5.74) is 0.581. The summed E-state index contributed by atoms with van der Waals surface area (Å²) in [6.45, 7) is -0.311. The summed E-state index contributed by atoms with van der Waals surface area (Å²) >= 11 is 1.15. The minimum absolute atomic E-state index is 0.119. The maximum Gasteiger partial charge on any atom is 0.246 e. The van der Waals surface area contributed by atoms with Crippen molar-refractivity contribution in [2.24, 2.45) is 23.7 Å². The van der Waals surface area contributed by atoms with Crippen LogP contribution in [0.2, 0.25) is 0 Å². The first-order valence-electron chi connectivity index (χ1n) is 8.41. The zero-order chi connectivity index (χ0) is 18.0. The lowest BCUT2D eigenvalue weighted by Crippen LogP contribution is -2.39. The number of nitrogens with one attached hydrogen (secondary N) is 1. The topological polar surface area (TPSA) is 79.4 Å². The Bertz CT molecular complexity index is 971. The number of hydrogen-bond donors (Lipinski definition) is 1. The second-order valence-electron chi connectivity index (χ2n) is 6.94. The monoisotopic (exact) mass is 371 g/mol. The Balaban J connectivity index is 1.31. The summed E-state index contributed by atoms with van der Waals surface area (Å²) in [6.07, 6.45) is 4.89. The summed E-state index contributed by atoms with van der Waals surface area (Å²) in [7, 11) is 0. The summed E-state index contributed by atoms with van der Waals surface area (Å²) < 4.78 is 13.9. The number of amides is 3. The number of imide groups is 1. The molecule has 2 heterocycles. The first-order chi connectivity index (χ1) is 12.5. The lowest BCUT2D eigenvalue weighted by molar-refractivity contribution is -0.143. The zero-order valence-corrected chi connectivity index (χ0v) is 14.3. The number of benzene rings is 1. The normalized spacial score (nSPS) is 29.0. The van der Waals surface area contributed by atoms with Crippen LogP contribution < -0.4 is 5.32 Å². The third kappa shape index (κ3) is 2.21. The molecule has 4 atom stereocenters. The van der Waals surface area contributed by atoms with E-state index in [2.05, 4.69) is 10.3 Å². The second kappa shape index (κ2) is 5.44. The van der Waals surface area contributed by atoms with Crippen molar-refractivity contribution in [1.82, 2.24) is 9.88 Å². The molecule has 6 nitrogen and oxygen atoms in total. The van der Waals surface area contributed by atoms with Gasteiger partial charge in [0, 0.05) is 0 Å². The van der Waals surface area contributed by atoms with Gasteiger partial charge in [-0.15, -0.1) is 0 Å². The van der Waals surface area contributed by atoms with Gasteiger partial charge in [-0.1, -0.05) is 23.5 Å². The molecule has 8 heteroatoms. The summed E-state index contributed by atoms with van der Waals surface area (Å²) in [6, 6.07) is 4.19. The van der Waals surface area contributed by atoms with Crippen molar-refractivity contribution in [3.05, 3.63) is 36.2 Å². The van der Waals surface area contributed by atoms with E-state index in [1.807, 2.05) is 12.2 Å². The largest absolute Gasteiger partial charge is 0.300 e. The SMILES string of the molecule is O=C(CN1C(=O)[C@@H]2[C@@H](C1=O)[C@H]1C=C[C@@H]2C1)Nc1nc2ccc(F)cc2s1. The molecule has 2 aromatic rings. The maximum atomic E-state index is 13.3. The highest BCUT2D eigenvalue weighted by atomic mass is 32.1. The van der Waals surface area contributed by atoms with Gasteiger partial charge in [-0.25, -0.2) is 9.37 Å². The molecule has 1 aromatic heterocycles. The third-order valence-electron chi connectivity index (χ3n) is 5.46. The Kier molecular flexibility index (Phi) is 3.27. The Morgan fingerprint density at radius 1 is 1.23 bits per heavy atom. The van der Waals surface area contributed by atoms with Crippen LogP contribution in [0.1, 0.15) is 6.42 Å². The lowest BCUT2D eigenvalue weighted by atomic mass is 9.85. The number of carbonyl (C=O) groups excluding carboxylic acids is 3. The molecule has 0 radical (unpaired) electrons. The second-order valence-corrected chi connectivity index (χ2v) is 7.97. The summed E-state index contributed by atoms with van der Waals surface area (Å²) in [5.74, 6) is -1.74. The van der Waals surface area contributed by atoms with E-state index >= 15 is 0 Å². The Morgan fingerprint density at radius 2 is 1.92 bits per heavy atom. The number of anilines is 1. The molecule has 2 bridgehead atoms. The predicted octanol–water partition coefficient (Wildman–Crippen LogP) is 2.18. The summed E-state index contributed by atoms with van der Waals surface area (Å²) in [4.78, 5) is 42.8. The number of hydrogen-bond acceptors (Lipinski definition) is 5. The Hall–Kier alpha value is -2.61. The number of aromatic nitrogens is 1. The van der Waals surface area contributed by atoms with Gasteiger partial charge in [-0.2, -0.15) is 0 Å². The fourth-order valence-corrected chi connectivity index (χ4v) is 5.28. The van der Waals surface area contributed by atoms with Crippen molar-refractivity contribution in [1.29, 1.82) is 0 Å². The van der Waals surface area contributed by atoms with Crippen LogP contribution in [0.15, 0.2) is 30.4 Å². The van der Waals surface area contributed by atoms with Gasteiger partial charge in [0.15, 0.2) is 5.13 Å². The van der Waals surface area contributed by atoms with Crippen LogP contribution in [0.4, 0.5) is 9.52 Å². The standard InChI is InChI=1S/C18H14FN3O3S/c19-10-3-4-11-12(6-10)26-18(20-11)21-13(23)7-22-16(24)14-8-1-2-9(5-8)15(14)17(22)25/h1-4,6,8-9,14-15H,5,7H2,(H,20,21,23)/t8-,9+,14-,15-/m0/s1. The average Bonchev–Trinajstić information content (AvgIpc) is 3.34. The molecule has 0 unspecified atom stereocenters. The molecule has 5 rings (SSSR count). The van der Waals surface area contributed by atoms with Gasteiger partial charge >= 0.3 is 0 Å². The smallest absolute Gasteiger partial charge is 0.246 e. The first kappa shape index (κ1) is 15.6. The molecular weight excluding hydrogens is 357 g/mol. The van der Waals surface area contributed by atoms with Crippen molar-refractivity contribution in [3.63, 3.8) is 0 Å². The fraction of sp³-hybridized carbons (Fsp3) is 0.333. The number of allylic oxidation sites excluding steroid dienone is 2. The molecule has 26 heavy (non-hydrogen) atoms. The van der Waals surface area contributed by atoms with E-state index in [0.717, 1.165) is 22.7 Å². The van der Waals surface area contributed by atoms with Crippen LogP contribution in [0.25, 0.3) is 10.2 Å². The molecule has 2 aliphatic carbocycles. The molecule has 1 N–H and O–H groups in total. The van der Waals surface area contributed by atoms with Crippen LogP contribution in [0, 0.1) is 29.5 Å². The number of rotatable bonds is 3. The quantitative estimate of drug-likeness (QED) is 0.663. The zero-order valence-electron chi connectivity index (χ0n) is 13.5. The third-order valence-corrected chi connectivity index (χ3v) is 6.39. The van der Waals surface area contributed by atoms with Crippen molar-refractivity contribution < 1.29 is 18.8 Å². The van der Waals surface area contributed by atoms with E-state index in [4.69, 9.17) is 0 Å². The van der Waals surface area contributed by atoms with Crippen molar-refractivity contribution in [2.75, 3.05) is 11.9 Å². The van der Waals surface area contributed by atoms with Crippen LogP contribution in [-0.4, -0.2) is 34.2 Å². The predicted molar refractivity (Wildman–Crippen MR) is 92.6 cm³/mol. The van der Waals surface area contributed by atoms with E-state index in [-0.39, 0.29) is 47.8 Å². The molecule has 132 valence electrons. The lowest BCUT2D eigenvalue weighted by Gasteiger charge is -2.16. The fourth-order valence-electron chi connectivity index (χ4n) is 4.37. The highest BCUT2D eigenvalue weighted by Crippen LogP contribution is 2.52. The van der Waals surface area contributed by atoms with E-state index in [0.29, 0.717) is 15.3 Å². The van der Waals surface area contributed by atoms with Gasteiger partial charge in [0.25, 0.3) is 0 Å². The van der Waals surface area contributed by atoms with Crippen molar-refractivity contribution in [3.8, 4) is 0 Å². The van der Waals surface area contributed by atoms with E-state index in [1.165, 1.54) is 18.2 Å². The molecule has 1 saturated carbocycles. The highest BCUT2D eigenvalue weighted by molar-refractivity contribution is 7.22. The van der Waals surface area contributed by atoms with Gasteiger partial charge < -0.3 is 5.32 Å². The Morgan fingerprint density at radius 3 is 2.62 bits per heavy atom. The molecule has 0 spiro atoms. The Labute approximate surface area is 151 Å². The number of nitrogens with zero attached hydrogens (tertiary/aromatic N) is 2. The minimum Gasteiger partial charge on any atom is -0.300 e. The number of fused-ring (bicyclic) bond motifs is 6. The molecule has 1 saturated heterocycles. The van der Waals surface area contributed by atoms with Crippen LogP contribution in [0.5, 0.6) is 0 Å². The molecule has 1 aromatic carbocycles. The van der Waals surface area contributed by atoms with Crippen molar-refractivity contribution >= 4 is 44.4 Å². The molecule has 3 amide bonds. The minimum atomic E-state index is -0.480. The van der Waals surface area contributed by atoms with Crippen LogP contribution in [0.3, 0.4) is 0 Å². The van der Waals surface area contributed by atoms with Gasteiger partial charge in [0.1, 0.15) is 12.4 Å². The molecular formula is C18H14FN3O3S. The number of carbonyl (C=O) groups is 3. The van der Waals surface area contributed by atoms with E-state index in [9.17, 15) is 18.8 Å². The highest BCUT2D eigenvalue weighted by Gasteiger charge is 2.59. The maximum absolute atomic E-state index is 13.3. The van der Waals surface area contributed by atoms with Crippen LogP contribution in [-0.2, 0) is 14.4 Å². The van der Waals surface area contributed by atoms with Gasteiger partial charge in [0.05, 0.1) is 22.1 Å². The molecule has 1 aliphatic heterocycles. The average molecular weight is 371 g/mol. The summed E-state index contributed by atoms with van der Waals surface area (Å²) in [5, 5.41) is 2.92. The van der Waals surface area contributed by atoms with E-state index in [1.54, 1.807) is 0 Å². The first-order valence-corrected chi connectivity index (χ1v) is 9.22. The van der Waals surface area contributed by atoms with Gasteiger partial charge in [-0.3, -0.25) is 19.3 Å². The van der Waals surface area contributed by atoms with Crippen molar-refractivity contribution in [2.45, 2.75) is 6.42 Å². The van der Waals surface area contributed by atoms with E-state index < -0.39 is 5.91 Å².